The van der Waals surface area contributed by atoms with Crippen LogP contribution < -0.4 is 10.9 Å². The van der Waals surface area contributed by atoms with Crippen molar-refractivity contribution in [2.75, 3.05) is 0 Å². The Labute approximate surface area is 200 Å². The van der Waals surface area contributed by atoms with Crippen LogP contribution >= 0.6 is 11.6 Å². The van der Waals surface area contributed by atoms with Crippen molar-refractivity contribution >= 4 is 39.3 Å². The van der Waals surface area contributed by atoms with Crippen LogP contribution in [0.5, 0.6) is 0 Å². The second-order valence-electron chi connectivity index (χ2n) is 8.60. The summed E-state index contributed by atoms with van der Waals surface area (Å²) in [5.41, 5.74) is 4.75. The predicted octanol–water partition coefficient (Wildman–Crippen LogP) is 5.75. The molecule has 2 heterocycles. The van der Waals surface area contributed by atoms with Gasteiger partial charge in [-0.15, -0.1) is 0 Å². The van der Waals surface area contributed by atoms with Gasteiger partial charge in [-0.2, -0.15) is 0 Å². The topological polar surface area (TPSA) is 64.0 Å². The van der Waals surface area contributed by atoms with Gasteiger partial charge in [-0.25, -0.2) is 0 Å². The molecule has 0 bridgehead atoms. The lowest BCUT2D eigenvalue weighted by Crippen LogP contribution is -2.25. The lowest BCUT2D eigenvalue weighted by atomic mass is 10.0. The van der Waals surface area contributed by atoms with E-state index in [-0.39, 0.29) is 11.5 Å². The highest BCUT2D eigenvalue weighted by atomic mass is 35.5. The first-order valence-corrected chi connectivity index (χ1v) is 11.6. The fourth-order valence-electron chi connectivity index (χ4n) is 4.25. The summed E-state index contributed by atoms with van der Waals surface area (Å²) < 4.78 is 1.69. The molecule has 1 aliphatic carbocycles. The molecule has 0 unspecified atom stereocenters. The molecule has 166 valence electrons. The minimum absolute atomic E-state index is 0.0819. The normalized spacial score (nSPS) is 13.3. The number of fused-ring (bicyclic) bond motifs is 3. The molecule has 5 nitrogen and oxygen atoms in total. The Hall–Kier alpha value is -3.96. The van der Waals surface area contributed by atoms with Gasteiger partial charge in [0, 0.05) is 45.4 Å². The summed E-state index contributed by atoms with van der Waals surface area (Å²) in [7, 11) is 0. The van der Waals surface area contributed by atoms with E-state index < -0.39 is 0 Å². The third-order valence-corrected chi connectivity index (χ3v) is 6.45. The Morgan fingerprint density at radius 3 is 2.38 bits per heavy atom. The molecule has 6 rings (SSSR count). The number of nitrogens with one attached hydrogen (secondary N) is 1. The van der Waals surface area contributed by atoms with E-state index in [1.165, 1.54) is 0 Å². The number of amides is 1. The van der Waals surface area contributed by atoms with E-state index in [2.05, 4.69) is 16.4 Å². The molecule has 1 saturated carbocycles. The molecule has 1 fully saturated rings. The Bertz CT molecular complexity index is 1620. The second kappa shape index (κ2) is 8.12. The number of aromatic nitrogens is 2. The van der Waals surface area contributed by atoms with Crippen LogP contribution in [0.4, 0.5) is 0 Å². The Balaban J connectivity index is 1.52. The third-order valence-electron chi connectivity index (χ3n) is 6.20. The first-order valence-electron chi connectivity index (χ1n) is 11.2. The zero-order valence-electron chi connectivity index (χ0n) is 18.2. The van der Waals surface area contributed by atoms with Crippen molar-refractivity contribution in [3.05, 3.63) is 106 Å². The quantitative estimate of drug-likeness (QED) is 0.344. The number of pyridine rings is 2. The van der Waals surface area contributed by atoms with Crippen molar-refractivity contribution in [2.45, 2.75) is 18.9 Å². The van der Waals surface area contributed by atoms with Gasteiger partial charge in [0.15, 0.2) is 0 Å². The summed E-state index contributed by atoms with van der Waals surface area (Å²) in [5.74, 6) is -0.0819. The van der Waals surface area contributed by atoms with Crippen LogP contribution in [-0.4, -0.2) is 21.5 Å². The highest BCUT2D eigenvalue weighted by Gasteiger charge is 2.23. The fraction of sp³-hybridized carbons (Fsp3) is 0.107. The SMILES string of the molecule is O=C(NC1CC1)c1ccc(-n2c(=O)ccc3cnc4ccc(-c5ccc(Cl)cc5)cc4c32)cc1. The number of benzene rings is 3. The van der Waals surface area contributed by atoms with Gasteiger partial charge in [-0.05, 0) is 78.6 Å². The molecule has 0 spiro atoms. The van der Waals surface area contributed by atoms with E-state index in [1.54, 1.807) is 35.0 Å². The monoisotopic (exact) mass is 465 g/mol. The van der Waals surface area contributed by atoms with Crippen LogP contribution in [0.3, 0.4) is 0 Å². The second-order valence-corrected chi connectivity index (χ2v) is 9.04. The van der Waals surface area contributed by atoms with Crippen molar-refractivity contribution in [1.29, 1.82) is 0 Å². The number of halogens is 1. The highest BCUT2D eigenvalue weighted by Crippen LogP contribution is 2.30. The summed E-state index contributed by atoms with van der Waals surface area (Å²) in [6, 6.07) is 24.5. The molecule has 0 radical (unpaired) electrons. The van der Waals surface area contributed by atoms with Gasteiger partial charge in [0.25, 0.3) is 11.5 Å². The molecule has 1 amide bonds. The van der Waals surface area contributed by atoms with Crippen molar-refractivity contribution in [1.82, 2.24) is 14.9 Å². The molecule has 6 heteroatoms. The summed E-state index contributed by atoms with van der Waals surface area (Å²) in [5, 5.41) is 5.41. The average molecular weight is 466 g/mol. The average Bonchev–Trinajstić information content (AvgIpc) is 3.68. The molecule has 3 aromatic carbocycles. The summed E-state index contributed by atoms with van der Waals surface area (Å²) in [4.78, 5) is 30.1. The van der Waals surface area contributed by atoms with Crippen LogP contribution in [0.2, 0.25) is 5.02 Å². The largest absolute Gasteiger partial charge is 0.349 e. The van der Waals surface area contributed by atoms with E-state index in [0.717, 1.165) is 45.8 Å². The van der Waals surface area contributed by atoms with Crippen LogP contribution in [0.1, 0.15) is 23.2 Å². The maximum absolute atomic E-state index is 13.1. The molecule has 0 saturated heterocycles. The zero-order chi connectivity index (χ0) is 23.2. The molecule has 5 aromatic rings. The number of hydrogen-bond acceptors (Lipinski definition) is 3. The van der Waals surface area contributed by atoms with E-state index in [4.69, 9.17) is 11.6 Å². The maximum atomic E-state index is 13.1. The van der Waals surface area contributed by atoms with Crippen LogP contribution in [0.15, 0.2) is 89.9 Å². The fourth-order valence-corrected chi connectivity index (χ4v) is 4.37. The van der Waals surface area contributed by atoms with Crippen molar-refractivity contribution in [3.8, 4) is 16.8 Å². The number of hydrogen-bond donors (Lipinski definition) is 1. The third kappa shape index (κ3) is 3.74. The molecule has 0 atom stereocenters. The number of carbonyl (C=O) groups is 1. The van der Waals surface area contributed by atoms with Crippen LogP contribution in [-0.2, 0) is 0 Å². The number of nitrogens with zero attached hydrogens (tertiary/aromatic N) is 2. The number of carbonyl (C=O) groups excluding carboxylic acids is 1. The summed E-state index contributed by atoms with van der Waals surface area (Å²) in [6.45, 7) is 0. The van der Waals surface area contributed by atoms with Gasteiger partial charge < -0.3 is 5.32 Å². The van der Waals surface area contributed by atoms with E-state index in [0.29, 0.717) is 22.3 Å². The molecule has 34 heavy (non-hydrogen) atoms. The Morgan fingerprint density at radius 1 is 0.912 bits per heavy atom. The Morgan fingerprint density at radius 2 is 1.65 bits per heavy atom. The van der Waals surface area contributed by atoms with Gasteiger partial charge in [-0.1, -0.05) is 29.8 Å². The highest BCUT2D eigenvalue weighted by molar-refractivity contribution is 6.30. The summed E-state index contributed by atoms with van der Waals surface area (Å²) >= 11 is 6.06. The van der Waals surface area contributed by atoms with Crippen molar-refractivity contribution < 1.29 is 4.79 Å². The van der Waals surface area contributed by atoms with E-state index in [9.17, 15) is 9.59 Å². The standard InChI is InChI=1S/C28H20ClN3O2/c29-21-7-1-17(2-8-21)19-5-13-25-24(15-19)27-20(16-30-25)6-14-26(33)32(27)23-11-3-18(4-12-23)28(34)31-22-9-10-22/h1-8,11-16,22H,9-10H2,(H,31,34). The maximum Gasteiger partial charge on any atom is 0.255 e. The summed E-state index contributed by atoms with van der Waals surface area (Å²) in [6.07, 6.45) is 3.86. The smallest absolute Gasteiger partial charge is 0.255 e. The van der Waals surface area contributed by atoms with Crippen molar-refractivity contribution in [2.24, 2.45) is 0 Å². The zero-order valence-corrected chi connectivity index (χ0v) is 18.9. The van der Waals surface area contributed by atoms with Gasteiger partial charge in [-0.3, -0.25) is 19.1 Å². The number of rotatable bonds is 4. The van der Waals surface area contributed by atoms with E-state index in [1.807, 2.05) is 48.5 Å². The molecular weight excluding hydrogens is 446 g/mol. The first-order chi connectivity index (χ1) is 16.6. The first kappa shape index (κ1) is 20.6. The minimum atomic E-state index is -0.146. The lowest BCUT2D eigenvalue weighted by Gasteiger charge is -2.14. The van der Waals surface area contributed by atoms with Gasteiger partial charge in [0.1, 0.15) is 0 Å². The predicted molar refractivity (Wildman–Crippen MR) is 136 cm³/mol. The van der Waals surface area contributed by atoms with Crippen molar-refractivity contribution in [3.63, 3.8) is 0 Å². The molecule has 1 aliphatic rings. The van der Waals surface area contributed by atoms with Gasteiger partial charge in [0.05, 0.1) is 11.0 Å². The minimum Gasteiger partial charge on any atom is -0.349 e. The van der Waals surface area contributed by atoms with Crippen LogP contribution in [0, 0.1) is 0 Å². The molecule has 2 aromatic heterocycles. The molecule has 1 N–H and O–H groups in total. The molecule has 0 aliphatic heterocycles. The van der Waals surface area contributed by atoms with E-state index >= 15 is 0 Å². The van der Waals surface area contributed by atoms with Crippen LogP contribution in [0.25, 0.3) is 38.6 Å². The lowest BCUT2D eigenvalue weighted by molar-refractivity contribution is 0.0951. The van der Waals surface area contributed by atoms with Gasteiger partial charge >= 0.3 is 0 Å². The Kier molecular flexibility index (Phi) is 4.93. The van der Waals surface area contributed by atoms with Gasteiger partial charge in [0.2, 0.25) is 0 Å². The molecular formula is C28H20ClN3O2.